The predicted octanol–water partition coefficient (Wildman–Crippen LogP) is -0.859. The van der Waals surface area contributed by atoms with Gasteiger partial charge in [-0.2, -0.15) is 0 Å². The van der Waals surface area contributed by atoms with Crippen molar-refractivity contribution in [3.05, 3.63) is 28.2 Å². The van der Waals surface area contributed by atoms with Crippen LogP contribution in [0, 0.1) is 0 Å². The fraction of sp³-hybridized carbons (Fsp3) is 0.300. The van der Waals surface area contributed by atoms with E-state index in [2.05, 4.69) is 15.7 Å². The van der Waals surface area contributed by atoms with Gasteiger partial charge in [0.05, 0.1) is 0 Å². The molecule has 1 aliphatic rings. The number of aromatic hydroxyl groups is 1. The number of carbonyl (C=O) groups is 2. The number of amides is 3. The highest BCUT2D eigenvalue weighted by Gasteiger charge is 2.20. The summed E-state index contributed by atoms with van der Waals surface area (Å²) >= 11 is 0. The summed E-state index contributed by atoms with van der Waals surface area (Å²) in [6.07, 6.45) is 1.74. The molecule has 0 aromatic carbocycles. The van der Waals surface area contributed by atoms with Crippen LogP contribution in [0.1, 0.15) is 16.9 Å². The van der Waals surface area contributed by atoms with Crippen molar-refractivity contribution in [2.45, 2.75) is 6.42 Å². The largest absolute Gasteiger partial charge is 0.503 e. The van der Waals surface area contributed by atoms with E-state index in [0.717, 1.165) is 23.7 Å². The molecule has 2 rings (SSSR count). The zero-order chi connectivity index (χ0) is 13.1. The van der Waals surface area contributed by atoms with Gasteiger partial charge in [0.15, 0.2) is 5.75 Å². The fourth-order valence-corrected chi connectivity index (χ4v) is 1.51. The molecular weight excluding hydrogens is 240 g/mol. The molecule has 4 N–H and O–H groups in total. The van der Waals surface area contributed by atoms with Crippen molar-refractivity contribution >= 4 is 11.9 Å². The Hall–Kier alpha value is -2.51. The first kappa shape index (κ1) is 12.0. The van der Waals surface area contributed by atoms with Crippen LogP contribution < -0.4 is 16.2 Å². The van der Waals surface area contributed by atoms with Crippen molar-refractivity contribution in [2.24, 2.45) is 0 Å². The fourth-order valence-electron chi connectivity index (χ4n) is 1.51. The Morgan fingerprint density at radius 3 is 2.89 bits per heavy atom. The van der Waals surface area contributed by atoms with E-state index >= 15 is 0 Å². The first-order valence-electron chi connectivity index (χ1n) is 5.36. The van der Waals surface area contributed by atoms with Crippen molar-refractivity contribution in [1.82, 2.24) is 20.7 Å². The second-order valence-corrected chi connectivity index (χ2v) is 3.77. The number of aromatic amines is 1. The Balaban J connectivity index is 2.09. The maximum atomic E-state index is 11.7. The number of rotatable bonds is 2. The molecule has 1 fully saturated rings. The minimum absolute atomic E-state index is 0.0313. The van der Waals surface area contributed by atoms with Crippen LogP contribution in [0.5, 0.6) is 5.75 Å². The predicted molar refractivity (Wildman–Crippen MR) is 60.9 cm³/mol. The van der Waals surface area contributed by atoms with Crippen LogP contribution in [0.4, 0.5) is 4.79 Å². The summed E-state index contributed by atoms with van der Waals surface area (Å²) < 4.78 is 0. The molecule has 96 valence electrons. The van der Waals surface area contributed by atoms with Crippen LogP contribution in [0.3, 0.4) is 0 Å². The van der Waals surface area contributed by atoms with Gasteiger partial charge >= 0.3 is 6.03 Å². The van der Waals surface area contributed by atoms with Gasteiger partial charge in [0.2, 0.25) is 5.43 Å². The van der Waals surface area contributed by atoms with Crippen molar-refractivity contribution in [3.8, 4) is 5.75 Å². The highest BCUT2D eigenvalue weighted by Crippen LogP contribution is 2.00. The second-order valence-electron chi connectivity index (χ2n) is 3.77. The normalized spacial score (nSPS) is 15.1. The lowest BCUT2D eigenvalue weighted by molar-refractivity contribution is 0.0803. The number of hydrazine groups is 1. The van der Waals surface area contributed by atoms with Gasteiger partial charge in [-0.15, -0.1) is 0 Å². The van der Waals surface area contributed by atoms with Gasteiger partial charge in [-0.05, 0) is 6.42 Å². The highest BCUT2D eigenvalue weighted by atomic mass is 16.3. The molecule has 0 saturated carbocycles. The average Bonchev–Trinajstić information content (AvgIpc) is 2.35. The van der Waals surface area contributed by atoms with E-state index in [-0.39, 0.29) is 5.69 Å². The van der Waals surface area contributed by atoms with Crippen molar-refractivity contribution in [3.63, 3.8) is 0 Å². The molecule has 1 aliphatic heterocycles. The summed E-state index contributed by atoms with van der Waals surface area (Å²) in [6, 6.07) is 0.572. The van der Waals surface area contributed by atoms with E-state index in [0.29, 0.717) is 13.1 Å². The van der Waals surface area contributed by atoms with Crippen LogP contribution >= 0.6 is 0 Å². The minimum atomic E-state index is -0.665. The monoisotopic (exact) mass is 252 g/mol. The first-order chi connectivity index (χ1) is 8.58. The van der Waals surface area contributed by atoms with Gasteiger partial charge in [-0.1, -0.05) is 0 Å². The van der Waals surface area contributed by atoms with Crippen LogP contribution in [0.25, 0.3) is 0 Å². The summed E-state index contributed by atoms with van der Waals surface area (Å²) in [7, 11) is 0. The van der Waals surface area contributed by atoms with E-state index in [9.17, 15) is 14.4 Å². The lowest BCUT2D eigenvalue weighted by Gasteiger charge is -2.27. The number of hydrogen-bond donors (Lipinski definition) is 4. The molecule has 8 heteroatoms. The molecule has 1 aromatic rings. The van der Waals surface area contributed by atoms with Crippen molar-refractivity contribution < 1.29 is 14.7 Å². The van der Waals surface area contributed by atoms with E-state index in [1.165, 1.54) is 0 Å². The SMILES string of the molecule is O=C(NN1CCCNC1=O)c1cc(=O)c(O)c[nH]1. The van der Waals surface area contributed by atoms with Gasteiger partial charge in [-0.25, -0.2) is 9.80 Å². The van der Waals surface area contributed by atoms with Gasteiger partial charge in [0.1, 0.15) is 5.69 Å². The molecule has 18 heavy (non-hydrogen) atoms. The Morgan fingerprint density at radius 1 is 1.44 bits per heavy atom. The first-order valence-corrected chi connectivity index (χ1v) is 5.36. The van der Waals surface area contributed by atoms with Crippen molar-refractivity contribution in [2.75, 3.05) is 13.1 Å². The highest BCUT2D eigenvalue weighted by molar-refractivity contribution is 5.93. The number of H-pyrrole nitrogens is 1. The molecule has 0 bridgehead atoms. The van der Waals surface area contributed by atoms with Gasteiger partial charge in [-0.3, -0.25) is 15.0 Å². The number of pyridine rings is 1. The summed E-state index contributed by atoms with van der Waals surface area (Å²) in [5.41, 5.74) is 1.67. The summed E-state index contributed by atoms with van der Waals surface area (Å²) in [4.78, 5) is 36.7. The molecule has 8 nitrogen and oxygen atoms in total. The van der Waals surface area contributed by atoms with Crippen molar-refractivity contribution in [1.29, 1.82) is 0 Å². The van der Waals surface area contributed by atoms with Gasteiger partial charge < -0.3 is 15.4 Å². The van der Waals surface area contributed by atoms with Crippen LogP contribution in [-0.2, 0) is 0 Å². The molecule has 2 heterocycles. The molecule has 0 aliphatic carbocycles. The Kier molecular flexibility index (Phi) is 3.18. The third kappa shape index (κ3) is 2.42. The molecule has 1 aromatic heterocycles. The van der Waals surface area contributed by atoms with Gasteiger partial charge in [0, 0.05) is 25.4 Å². The summed E-state index contributed by atoms with van der Waals surface area (Å²) in [5, 5.41) is 12.7. The number of nitrogens with one attached hydrogen (secondary N) is 3. The Labute approximate surface area is 102 Å². The lowest BCUT2D eigenvalue weighted by Crippen LogP contribution is -2.54. The van der Waals surface area contributed by atoms with E-state index < -0.39 is 23.1 Å². The third-order valence-electron chi connectivity index (χ3n) is 2.45. The van der Waals surface area contributed by atoms with E-state index in [4.69, 9.17) is 5.11 Å². The third-order valence-corrected chi connectivity index (χ3v) is 2.45. The van der Waals surface area contributed by atoms with Gasteiger partial charge in [0.25, 0.3) is 5.91 Å². The van der Waals surface area contributed by atoms with Crippen LogP contribution in [0.15, 0.2) is 17.1 Å². The Morgan fingerprint density at radius 2 is 2.22 bits per heavy atom. The molecule has 0 spiro atoms. The number of nitrogens with zero attached hydrogens (tertiary/aromatic N) is 1. The lowest BCUT2D eigenvalue weighted by atomic mass is 10.3. The number of hydrogen-bond acceptors (Lipinski definition) is 4. The number of aromatic nitrogens is 1. The van der Waals surface area contributed by atoms with E-state index in [1.54, 1.807) is 0 Å². The van der Waals surface area contributed by atoms with Crippen LogP contribution in [0.2, 0.25) is 0 Å². The zero-order valence-corrected chi connectivity index (χ0v) is 9.40. The van der Waals surface area contributed by atoms with Crippen LogP contribution in [-0.4, -0.2) is 40.1 Å². The minimum Gasteiger partial charge on any atom is -0.503 e. The molecule has 3 amide bonds. The smallest absolute Gasteiger partial charge is 0.336 e. The quantitative estimate of drug-likeness (QED) is 0.548. The average molecular weight is 252 g/mol. The zero-order valence-electron chi connectivity index (χ0n) is 9.40. The standard InChI is InChI=1S/C10H12N4O4/c15-7-4-6(12-5-8(7)16)9(17)13-14-3-1-2-11-10(14)18/h4-5,16H,1-3H2,(H,11,18)(H,12,15)(H,13,17). The summed E-state index contributed by atoms with van der Waals surface area (Å²) in [5.74, 6) is -1.09. The Bertz CT molecular complexity index is 539. The molecule has 0 radical (unpaired) electrons. The van der Waals surface area contributed by atoms with E-state index in [1.807, 2.05) is 0 Å². The number of carbonyl (C=O) groups excluding carboxylic acids is 2. The number of urea groups is 1. The second kappa shape index (κ2) is 4.78. The summed E-state index contributed by atoms with van der Waals surface area (Å²) in [6.45, 7) is 0.973. The topological polar surface area (TPSA) is 115 Å². The maximum absolute atomic E-state index is 11.7. The maximum Gasteiger partial charge on any atom is 0.336 e. The molecule has 0 unspecified atom stereocenters. The molecule has 1 saturated heterocycles. The molecule has 0 atom stereocenters. The molecular formula is C10H12N4O4.